The summed E-state index contributed by atoms with van der Waals surface area (Å²) in [4.78, 5) is 23.4. The van der Waals surface area contributed by atoms with E-state index in [2.05, 4.69) is 20.3 Å². The van der Waals surface area contributed by atoms with Crippen molar-refractivity contribution in [1.82, 2.24) is 15.3 Å². The van der Waals surface area contributed by atoms with Gasteiger partial charge in [-0.15, -0.1) is 11.3 Å². The van der Waals surface area contributed by atoms with Crippen LogP contribution in [0, 0.1) is 0 Å². The van der Waals surface area contributed by atoms with Crippen LogP contribution in [0.5, 0.6) is 0 Å². The van der Waals surface area contributed by atoms with Crippen molar-refractivity contribution in [1.29, 1.82) is 0 Å². The smallest absolute Gasteiger partial charge is 0.268 e. The Bertz CT molecular complexity index is 646. The second kappa shape index (κ2) is 5.11. The van der Waals surface area contributed by atoms with Crippen molar-refractivity contribution in [2.24, 2.45) is 4.99 Å². The highest BCUT2D eigenvalue weighted by atomic mass is 32.2. The third-order valence-corrected chi connectivity index (χ3v) is 4.44. The Morgan fingerprint density at radius 1 is 1.50 bits per heavy atom. The molecule has 0 atom stereocenters. The van der Waals surface area contributed by atoms with Crippen LogP contribution in [0.4, 0.5) is 0 Å². The van der Waals surface area contributed by atoms with Crippen molar-refractivity contribution < 1.29 is 0 Å². The van der Waals surface area contributed by atoms with E-state index < -0.39 is 0 Å². The minimum absolute atomic E-state index is 0.0517. The van der Waals surface area contributed by atoms with E-state index in [0.717, 1.165) is 30.2 Å². The lowest BCUT2D eigenvalue weighted by Gasteiger charge is -2.13. The fourth-order valence-corrected chi connectivity index (χ4v) is 3.26. The standard InChI is InChI=1S/C11H12N4OS2/c16-10-9-7(2-5-17-9)14-8(15-10)6-18-11-12-3-1-4-13-11/h2,5H,1,3-4,6H2,(H,12,13)(H,14,15,16). The molecule has 3 heterocycles. The molecule has 0 spiro atoms. The van der Waals surface area contributed by atoms with Crippen molar-refractivity contribution in [2.45, 2.75) is 12.2 Å². The van der Waals surface area contributed by atoms with E-state index >= 15 is 0 Å². The van der Waals surface area contributed by atoms with Gasteiger partial charge in [0.05, 0.1) is 11.3 Å². The first kappa shape index (κ1) is 11.7. The summed E-state index contributed by atoms with van der Waals surface area (Å²) in [6.45, 7) is 1.85. The van der Waals surface area contributed by atoms with Crippen LogP contribution in [0.3, 0.4) is 0 Å². The van der Waals surface area contributed by atoms with Crippen molar-refractivity contribution in [3.8, 4) is 0 Å². The summed E-state index contributed by atoms with van der Waals surface area (Å²) in [6, 6.07) is 1.87. The summed E-state index contributed by atoms with van der Waals surface area (Å²) in [5.41, 5.74) is 0.724. The van der Waals surface area contributed by atoms with Gasteiger partial charge < -0.3 is 10.3 Å². The molecule has 0 unspecified atom stereocenters. The Hall–Kier alpha value is -1.34. The number of thioether (sulfide) groups is 1. The predicted octanol–water partition coefficient (Wildman–Crippen LogP) is 1.57. The van der Waals surface area contributed by atoms with Crippen molar-refractivity contribution >= 4 is 38.5 Å². The van der Waals surface area contributed by atoms with Gasteiger partial charge in [0.1, 0.15) is 10.5 Å². The number of rotatable bonds is 2. The van der Waals surface area contributed by atoms with Gasteiger partial charge in [0.15, 0.2) is 5.17 Å². The third kappa shape index (κ3) is 2.41. The first-order chi connectivity index (χ1) is 8.83. The highest BCUT2D eigenvalue weighted by Crippen LogP contribution is 2.16. The minimum atomic E-state index is -0.0517. The number of aliphatic imine (C=N–C) groups is 1. The van der Waals surface area contributed by atoms with Crippen LogP contribution in [0.15, 0.2) is 21.2 Å². The maximum Gasteiger partial charge on any atom is 0.268 e. The minimum Gasteiger partial charge on any atom is -0.365 e. The Labute approximate surface area is 112 Å². The zero-order valence-corrected chi connectivity index (χ0v) is 11.2. The maximum absolute atomic E-state index is 11.8. The first-order valence-corrected chi connectivity index (χ1v) is 7.57. The number of fused-ring (bicyclic) bond motifs is 1. The first-order valence-electron chi connectivity index (χ1n) is 5.70. The van der Waals surface area contributed by atoms with Crippen molar-refractivity contribution in [3.63, 3.8) is 0 Å². The number of aromatic amines is 1. The Kier molecular flexibility index (Phi) is 3.33. The third-order valence-electron chi connectivity index (χ3n) is 2.58. The molecule has 1 aliphatic heterocycles. The average molecular weight is 280 g/mol. The molecule has 0 amide bonds. The van der Waals surface area contributed by atoms with Crippen LogP contribution < -0.4 is 10.9 Å². The van der Waals surface area contributed by atoms with Crippen LogP contribution in [0.2, 0.25) is 0 Å². The van der Waals surface area contributed by atoms with Gasteiger partial charge in [-0.1, -0.05) is 11.8 Å². The van der Waals surface area contributed by atoms with Crippen LogP contribution in [0.25, 0.3) is 10.2 Å². The molecule has 7 heteroatoms. The van der Waals surface area contributed by atoms with Gasteiger partial charge in [-0.2, -0.15) is 0 Å². The van der Waals surface area contributed by atoms with Crippen LogP contribution in [0.1, 0.15) is 12.2 Å². The van der Waals surface area contributed by atoms with Gasteiger partial charge in [0.2, 0.25) is 0 Å². The molecular weight excluding hydrogens is 268 g/mol. The summed E-state index contributed by atoms with van der Waals surface area (Å²) >= 11 is 3.00. The molecule has 0 bridgehead atoms. The number of nitrogens with one attached hydrogen (secondary N) is 2. The molecule has 94 valence electrons. The summed E-state index contributed by atoms with van der Waals surface area (Å²) in [5.74, 6) is 1.33. The molecule has 1 aliphatic rings. The average Bonchev–Trinajstić information content (AvgIpc) is 2.86. The van der Waals surface area contributed by atoms with Gasteiger partial charge in [-0.3, -0.25) is 9.79 Å². The predicted molar refractivity (Wildman–Crippen MR) is 76.5 cm³/mol. The fourth-order valence-electron chi connectivity index (χ4n) is 1.73. The summed E-state index contributed by atoms with van der Waals surface area (Å²) < 4.78 is 0.692. The number of hydrogen-bond acceptors (Lipinski definition) is 6. The number of hydrogen-bond donors (Lipinski definition) is 2. The van der Waals surface area contributed by atoms with E-state index in [1.54, 1.807) is 11.8 Å². The zero-order valence-electron chi connectivity index (χ0n) is 9.60. The van der Waals surface area contributed by atoms with E-state index in [9.17, 15) is 4.79 Å². The molecule has 0 aromatic carbocycles. The molecule has 18 heavy (non-hydrogen) atoms. The summed E-state index contributed by atoms with van der Waals surface area (Å²) in [7, 11) is 0. The maximum atomic E-state index is 11.8. The Balaban J connectivity index is 1.78. The number of H-pyrrole nitrogens is 1. The highest BCUT2D eigenvalue weighted by Gasteiger charge is 2.08. The van der Waals surface area contributed by atoms with Crippen molar-refractivity contribution in [3.05, 3.63) is 27.6 Å². The van der Waals surface area contributed by atoms with Gasteiger partial charge in [0.25, 0.3) is 5.56 Å². The number of aromatic nitrogens is 2. The van der Waals surface area contributed by atoms with Gasteiger partial charge in [-0.25, -0.2) is 4.98 Å². The summed E-state index contributed by atoms with van der Waals surface area (Å²) in [6.07, 6.45) is 1.08. The molecule has 2 N–H and O–H groups in total. The normalized spacial score (nSPS) is 15.4. The van der Waals surface area contributed by atoms with E-state index in [-0.39, 0.29) is 5.56 Å². The van der Waals surface area contributed by atoms with Crippen LogP contribution >= 0.6 is 23.1 Å². The van der Waals surface area contributed by atoms with Gasteiger partial charge in [0, 0.05) is 13.1 Å². The molecule has 0 saturated carbocycles. The summed E-state index contributed by atoms with van der Waals surface area (Å²) in [5, 5.41) is 6.06. The zero-order chi connectivity index (χ0) is 12.4. The molecule has 0 aliphatic carbocycles. The highest BCUT2D eigenvalue weighted by molar-refractivity contribution is 8.13. The largest absolute Gasteiger partial charge is 0.365 e. The number of amidine groups is 1. The van der Waals surface area contributed by atoms with E-state index in [4.69, 9.17) is 0 Å². The van der Waals surface area contributed by atoms with Crippen LogP contribution in [-0.4, -0.2) is 28.2 Å². The lowest BCUT2D eigenvalue weighted by Crippen LogP contribution is -2.27. The van der Waals surface area contributed by atoms with E-state index in [1.165, 1.54) is 11.3 Å². The Morgan fingerprint density at radius 3 is 3.28 bits per heavy atom. The van der Waals surface area contributed by atoms with Crippen molar-refractivity contribution in [2.75, 3.05) is 13.1 Å². The topological polar surface area (TPSA) is 70.1 Å². The lowest BCUT2D eigenvalue weighted by atomic mass is 10.4. The quantitative estimate of drug-likeness (QED) is 0.876. The Morgan fingerprint density at radius 2 is 2.44 bits per heavy atom. The molecule has 5 nitrogen and oxygen atoms in total. The molecule has 0 radical (unpaired) electrons. The molecule has 0 fully saturated rings. The van der Waals surface area contributed by atoms with E-state index in [1.807, 2.05) is 11.4 Å². The van der Waals surface area contributed by atoms with Crippen LogP contribution in [-0.2, 0) is 5.75 Å². The molecule has 0 saturated heterocycles. The van der Waals surface area contributed by atoms with E-state index in [0.29, 0.717) is 16.3 Å². The molecular formula is C11H12N4OS2. The second-order valence-corrected chi connectivity index (χ2v) is 5.78. The van der Waals surface area contributed by atoms with Gasteiger partial charge >= 0.3 is 0 Å². The lowest BCUT2D eigenvalue weighted by molar-refractivity contribution is 0.751. The van der Waals surface area contributed by atoms with Gasteiger partial charge in [-0.05, 0) is 17.9 Å². The molecule has 2 aromatic heterocycles. The molecule has 3 rings (SSSR count). The number of nitrogens with zero attached hydrogens (tertiary/aromatic N) is 2. The monoisotopic (exact) mass is 280 g/mol. The second-order valence-electron chi connectivity index (χ2n) is 3.90. The SMILES string of the molecule is O=c1[nH]c(CSC2=NCCCN2)nc2ccsc12. The molecule has 2 aromatic rings. The fraction of sp³-hybridized carbons (Fsp3) is 0.364. The number of thiophene rings is 1.